The normalized spacial score (nSPS) is 9.79. The zero-order valence-electron chi connectivity index (χ0n) is 7.09. The minimum absolute atomic E-state index is 0.486. The highest BCUT2D eigenvalue weighted by molar-refractivity contribution is 9.10. The van der Waals surface area contributed by atoms with Gasteiger partial charge in [0, 0.05) is 12.3 Å². The van der Waals surface area contributed by atoms with Crippen molar-refractivity contribution in [2.45, 2.75) is 0 Å². The monoisotopic (exact) mass is 251 g/mol. The molecule has 0 aliphatic carbocycles. The van der Waals surface area contributed by atoms with Gasteiger partial charge in [-0.2, -0.15) is 0 Å². The molecule has 0 aromatic carbocycles. The molecule has 0 unspecified atom stereocenters. The molecule has 0 fully saturated rings. The fourth-order valence-electron chi connectivity index (χ4n) is 0.901. The van der Waals surface area contributed by atoms with Crippen LogP contribution in [0.3, 0.4) is 0 Å². The molecule has 5 heteroatoms. The van der Waals surface area contributed by atoms with Gasteiger partial charge in [0.25, 0.3) is 0 Å². The van der Waals surface area contributed by atoms with E-state index in [1.807, 2.05) is 6.07 Å². The molecular formula is C9H6BrN3O. The van der Waals surface area contributed by atoms with E-state index in [1.165, 1.54) is 6.33 Å². The summed E-state index contributed by atoms with van der Waals surface area (Å²) in [5.74, 6) is 1.14. The van der Waals surface area contributed by atoms with Crippen molar-refractivity contribution in [3.8, 4) is 11.6 Å². The molecule has 14 heavy (non-hydrogen) atoms. The van der Waals surface area contributed by atoms with E-state index >= 15 is 0 Å². The second-order valence-electron chi connectivity index (χ2n) is 2.47. The smallest absolute Gasteiger partial charge is 0.223 e. The maximum atomic E-state index is 5.42. The van der Waals surface area contributed by atoms with E-state index in [1.54, 1.807) is 24.5 Å². The van der Waals surface area contributed by atoms with Crippen molar-refractivity contribution in [3.05, 3.63) is 41.5 Å². The highest BCUT2D eigenvalue weighted by atomic mass is 79.9. The molecule has 0 radical (unpaired) electrons. The topological polar surface area (TPSA) is 47.9 Å². The maximum absolute atomic E-state index is 5.42. The van der Waals surface area contributed by atoms with Gasteiger partial charge >= 0.3 is 0 Å². The van der Waals surface area contributed by atoms with Crippen molar-refractivity contribution in [3.63, 3.8) is 0 Å². The zero-order valence-corrected chi connectivity index (χ0v) is 8.68. The van der Waals surface area contributed by atoms with E-state index in [4.69, 9.17) is 4.74 Å². The summed E-state index contributed by atoms with van der Waals surface area (Å²) in [5, 5.41) is 0. The van der Waals surface area contributed by atoms with Crippen LogP contribution in [-0.4, -0.2) is 15.0 Å². The van der Waals surface area contributed by atoms with Gasteiger partial charge in [-0.05, 0) is 28.1 Å². The first-order chi connectivity index (χ1) is 6.84. The van der Waals surface area contributed by atoms with Gasteiger partial charge in [0.05, 0.1) is 6.20 Å². The molecule has 0 atom stereocenters. The fraction of sp³-hybridized carbons (Fsp3) is 0. The summed E-state index contributed by atoms with van der Waals surface area (Å²) in [7, 11) is 0. The van der Waals surface area contributed by atoms with E-state index < -0.39 is 0 Å². The van der Waals surface area contributed by atoms with E-state index in [9.17, 15) is 0 Å². The average Bonchev–Trinajstić information content (AvgIpc) is 2.19. The number of rotatable bonds is 2. The molecular weight excluding hydrogens is 246 g/mol. The minimum Gasteiger partial charge on any atom is -0.437 e. The quantitative estimate of drug-likeness (QED) is 0.770. The molecule has 0 bridgehead atoms. The molecule has 70 valence electrons. The molecule has 0 saturated carbocycles. The number of aromatic nitrogens is 3. The summed E-state index contributed by atoms with van der Waals surface area (Å²) >= 11 is 3.23. The van der Waals surface area contributed by atoms with Gasteiger partial charge in [-0.15, -0.1) is 0 Å². The summed E-state index contributed by atoms with van der Waals surface area (Å²) in [5.41, 5.74) is 0. The molecule has 0 saturated heterocycles. The third-order valence-electron chi connectivity index (χ3n) is 1.47. The fourth-order valence-corrected chi connectivity index (χ4v) is 1.19. The molecule has 4 nitrogen and oxygen atoms in total. The van der Waals surface area contributed by atoms with Crippen molar-refractivity contribution in [1.29, 1.82) is 0 Å². The molecule has 2 heterocycles. The molecule has 2 aromatic rings. The Balaban J connectivity index is 2.19. The molecule has 2 aromatic heterocycles. The van der Waals surface area contributed by atoms with Gasteiger partial charge in [0.15, 0.2) is 0 Å². The summed E-state index contributed by atoms with van der Waals surface area (Å²) < 4.78 is 6.10. The third-order valence-corrected chi connectivity index (χ3v) is 1.90. The Hall–Kier alpha value is -1.49. The van der Waals surface area contributed by atoms with Gasteiger partial charge in [-0.25, -0.2) is 9.97 Å². The van der Waals surface area contributed by atoms with Crippen molar-refractivity contribution >= 4 is 15.9 Å². The van der Waals surface area contributed by atoms with Crippen molar-refractivity contribution in [2.75, 3.05) is 0 Å². The highest BCUT2D eigenvalue weighted by Gasteiger charge is 1.98. The van der Waals surface area contributed by atoms with Crippen LogP contribution >= 0.6 is 15.9 Å². The SMILES string of the molecule is Brc1cc(Oc2cccnc2)ncn1. The lowest BCUT2D eigenvalue weighted by Crippen LogP contribution is -1.89. The van der Waals surface area contributed by atoms with E-state index in [-0.39, 0.29) is 0 Å². The number of ether oxygens (including phenoxy) is 1. The lowest BCUT2D eigenvalue weighted by molar-refractivity contribution is 0.458. The van der Waals surface area contributed by atoms with Crippen LogP contribution in [0.1, 0.15) is 0 Å². The Morgan fingerprint density at radius 3 is 2.93 bits per heavy atom. The number of hydrogen-bond donors (Lipinski definition) is 0. The zero-order chi connectivity index (χ0) is 9.80. The predicted octanol–water partition coefficient (Wildman–Crippen LogP) is 2.43. The van der Waals surface area contributed by atoms with Crippen molar-refractivity contribution in [2.24, 2.45) is 0 Å². The van der Waals surface area contributed by atoms with Crippen LogP contribution in [0, 0.1) is 0 Å². The molecule has 0 amide bonds. The van der Waals surface area contributed by atoms with Crippen LogP contribution < -0.4 is 4.74 Å². The highest BCUT2D eigenvalue weighted by Crippen LogP contribution is 2.19. The Morgan fingerprint density at radius 2 is 2.21 bits per heavy atom. The summed E-state index contributed by atoms with van der Waals surface area (Å²) in [6.45, 7) is 0. The number of pyridine rings is 1. The lowest BCUT2D eigenvalue weighted by atomic mass is 10.5. The van der Waals surface area contributed by atoms with Crippen LogP contribution in [0.4, 0.5) is 0 Å². The van der Waals surface area contributed by atoms with Crippen LogP contribution in [-0.2, 0) is 0 Å². The third kappa shape index (κ3) is 2.26. The van der Waals surface area contributed by atoms with E-state index in [0.29, 0.717) is 16.2 Å². The first kappa shape index (κ1) is 9.08. The number of hydrogen-bond acceptors (Lipinski definition) is 4. The summed E-state index contributed by atoms with van der Waals surface area (Å²) in [6.07, 6.45) is 4.73. The molecule has 0 aliphatic heterocycles. The standard InChI is InChI=1S/C9H6BrN3O/c10-8-4-9(13-6-12-8)14-7-2-1-3-11-5-7/h1-6H. The van der Waals surface area contributed by atoms with E-state index in [0.717, 1.165) is 0 Å². The lowest BCUT2D eigenvalue weighted by Gasteiger charge is -2.02. The van der Waals surface area contributed by atoms with Gasteiger partial charge < -0.3 is 4.74 Å². The van der Waals surface area contributed by atoms with Gasteiger partial charge in [0.2, 0.25) is 5.88 Å². The van der Waals surface area contributed by atoms with Crippen molar-refractivity contribution < 1.29 is 4.74 Å². The molecule has 2 rings (SSSR count). The van der Waals surface area contributed by atoms with Crippen LogP contribution in [0.15, 0.2) is 41.5 Å². The summed E-state index contributed by atoms with van der Waals surface area (Å²) in [6, 6.07) is 5.29. The molecule has 0 aliphatic rings. The number of halogens is 1. The Bertz CT molecular complexity index is 421. The number of nitrogens with zero attached hydrogens (tertiary/aromatic N) is 3. The first-order valence-electron chi connectivity index (χ1n) is 3.90. The second kappa shape index (κ2) is 4.15. The van der Waals surface area contributed by atoms with Crippen molar-refractivity contribution in [1.82, 2.24) is 15.0 Å². The Kier molecular flexibility index (Phi) is 2.69. The average molecular weight is 252 g/mol. The van der Waals surface area contributed by atoms with Gasteiger partial charge in [-0.3, -0.25) is 4.98 Å². The molecule has 0 spiro atoms. The van der Waals surface area contributed by atoms with Crippen LogP contribution in [0.25, 0.3) is 0 Å². The Labute approximate surface area is 89.1 Å². The van der Waals surface area contributed by atoms with Gasteiger partial charge in [0.1, 0.15) is 16.7 Å². The first-order valence-corrected chi connectivity index (χ1v) is 4.69. The van der Waals surface area contributed by atoms with Crippen LogP contribution in [0.5, 0.6) is 11.6 Å². The second-order valence-corrected chi connectivity index (χ2v) is 3.28. The molecule has 0 N–H and O–H groups in total. The summed E-state index contributed by atoms with van der Waals surface area (Å²) in [4.78, 5) is 11.8. The van der Waals surface area contributed by atoms with Crippen LogP contribution in [0.2, 0.25) is 0 Å². The minimum atomic E-state index is 0.486. The van der Waals surface area contributed by atoms with E-state index in [2.05, 4.69) is 30.9 Å². The largest absolute Gasteiger partial charge is 0.437 e. The predicted molar refractivity (Wildman–Crippen MR) is 54.0 cm³/mol. The maximum Gasteiger partial charge on any atom is 0.223 e. The van der Waals surface area contributed by atoms with Gasteiger partial charge in [-0.1, -0.05) is 0 Å². The Morgan fingerprint density at radius 1 is 1.29 bits per heavy atom.